The third kappa shape index (κ3) is 4.52. The lowest BCUT2D eigenvalue weighted by atomic mass is 10.1. The highest BCUT2D eigenvalue weighted by atomic mass is 35.5. The molecule has 3 aromatic rings. The van der Waals surface area contributed by atoms with Gasteiger partial charge in [-0.05, 0) is 46.6 Å². The Bertz CT molecular complexity index is 830. The maximum Gasteiger partial charge on any atom is 0.174 e. The zero-order chi connectivity index (χ0) is 17.9. The Labute approximate surface area is 168 Å². The Balaban J connectivity index is 0.00000210. The van der Waals surface area contributed by atoms with Crippen molar-refractivity contribution in [2.45, 2.75) is 12.6 Å². The fourth-order valence-corrected chi connectivity index (χ4v) is 4.14. The van der Waals surface area contributed by atoms with E-state index in [1.54, 1.807) is 23.5 Å². The standard InChI is InChI=1S/C18H21FN6S.ClH/c1-23-8-10-24(11-9-23)17(16-3-2-12-26-16)18-20-21-22-25(18)13-14-4-6-15(19)7-5-14;/h2-7,12,17H,8-11,13H2,1H3;1H/p-1. The number of piperazine rings is 1. The number of benzene rings is 1. The molecule has 3 heterocycles. The maximum absolute atomic E-state index is 13.2. The number of halogens is 2. The quantitative estimate of drug-likeness (QED) is 0.558. The van der Waals surface area contributed by atoms with Crippen LogP contribution in [0.3, 0.4) is 0 Å². The van der Waals surface area contributed by atoms with Gasteiger partial charge in [-0.25, -0.2) is 9.07 Å². The molecule has 0 saturated carbocycles. The number of thiophene rings is 1. The van der Waals surface area contributed by atoms with Gasteiger partial charge < -0.3 is 17.3 Å². The van der Waals surface area contributed by atoms with E-state index in [2.05, 4.69) is 49.9 Å². The van der Waals surface area contributed by atoms with E-state index in [4.69, 9.17) is 0 Å². The molecule has 0 bridgehead atoms. The van der Waals surface area contributed by atoms with Gasteiger partial charge in [0.25, 0.3) is 0 Å². The van der Waals surface area contributed by atoms with Crippen LogP contribution in [0.2, 0.25) is 0 Å². The Morgan fingerprint density at radius 1 is 1.11 bits per heavy atom. The minimum Gasteiger partial charge on any atom is -1.00 e. The van der Waals surface area contributed by atoms with Crippen LogP contribution in [-0.4, -0.2) is 63.2 Å². The van der Waals surface area contributed by atoms with E-state index in [9.17, 15) is 4.39 Å². The van der Waals surface area contributed by atoms with Crippen molar-refractivity contribution < 1.29 is 16.8 Å². The summed E-state index contributed by atoms with van der Waals surface area (Å²) in [6.45, 7) is 4.53. The van der Waals surface area contributed by atoms with Gasteiger partial charge in [0.2, 0.25) is 0 Å². The Morgan fingerprint density at radius 3 is 2.52 bits per heavy atom. The largest absolute Gasteiger partial charge is 1.00 e. The van der Waals surface area contributed by atoms with Crippen LogP contribution < -0.4 is 12.4 Å². The monoisotopic (exact) mass is 407 g/mol. The first-order valence-electron chi connectivity index (χ1n) is 8.67. The molecule has 1 aliphatic heterocycles. The van der Waals surface area contributed by atoms with Crippen molar-refractivity contribution in [1.29, 1.82) is 0 Å². The fraction of sp³-hybridized carbons (Fsp3) is 0.389. The van der Waals surface area contributed by atoms with Gasteiger partial charge in [0.05, 0.1) is 6.54 Å². The summed E-state index contributed by atoms with van der Waals surface area (Å²) >= 11 is 1.73. The molecule has 2 aromatic heterocycles. The number of rotatable bonds is 5. The lowest BCUT2D eigenvalue weighted by Gasteiger charge is -2.36. The molecule has 0 radical (unpaired) electrons. The van der Waals surface area contributed by atoms with E-state index in [0.717, 1.165) is 37.6 Å². The van der Waals surface area contributed by atoms with E-state index in [1.165, 1.54) is 17.0 Å². The third-order valence-corrected chi connectivity index (χ3v) is 5.69. The summed E-state index contributed by atoms with van der Waals surface area (Å²) in [5.74, 6) is 0.598. The van der Waals surface area contributed by atoms with Gasteiger partial charge in [0.1, 0.15) is 11.9 Å². The van der Waals surface area contributed by atoms with E-state index >= 15 is 0 Å². The number of hydrogen-bond donors (Lipinski definition) is 0. The van der Waals surface area contributed by atoms with Crippen LogP contribution in [-0.2, 0) is 6.54 Å². The Morgan fingerprint density at radius 2 is 1.85 bits per heavy atom. The summed E-state index contributed by atoms with van der Waals surface area (Å²) in [5.41, 5.74) is 0.975. The highest BCUT2D eigenvalue weighted by Crippen LogP contribution is 2.31. The summed E-state index contributed by atoms with van der Waals surface area (Å²) in [6, 6.07) is 10.7. The molecule has 1 fully saturated rings. The topological polar surface area (TPSA) is 50.1 Å². The zero-order valence-electron chi connectivity index (χ0n) is 15.0. The highest BCUT2D eigenvalue weighted by Gasteiger charge is 2.30. The van der Waals surface area contributed by atoms with Crippen molar-refractivity contribution in [2.75, 3.05) is 33.2 Å². The van der Waals surface area contributed by atoms with Gasteiger partial charge >= 0.3 is 0 Å². The molecule has 4 rings (SSSR count). The van der Waals surface area contributed by atoms with Crippen molar-refractivity contribution in [1.82, 2.24) is 30.0 Å². The maximum atomic E-state index is 13.2. The van der Waals surface area contributed by atoms with Crippen LogP contribution in [0.5, 0.6) is 0 Å². The molecule has 144 valence electrons. The van der Waals surface area contributed by atoms with Crippen LogP contribution in [0.25, 0.3) is 0 Å². The van der Waals surface area contributed by atoms with Crippen molar-refractivity contribution in [3.8, 4) is 0 Å². The first-order chi connectivity index (χ1) is 12.7. The van der Waals surface area contributed by atoms with Crippen LogP contribution in [0.15, 0.2) is 41.8 Å². The van der Waals surface area contributed by atoms with Crippen molar-refractivity contribution in [3.63, 3.8) is 0 Å². The molecule has 1 atom stereocenters. The zero-order valence-corrected chi connectivity index (χ0v) is 16.6. The first-order valence-corrected chi connectivity index (χ1v) is 9.55. The Kier molecular flexibility index (Phi) is 6.54. The first kappa shape index (κ1) is 19.9. The van der Waals surface area contributed by atoms with E-state index < -0.39 is 0 Å². The Hall–Kier alpha value is -1.87. The van der Waals surface area contributed by atoms with E-state index in [0.29, 0.717) is 6.54 Å². The minimum atomic E-state index is -0.236. The molecule has 0 amide bonds. The number of tetrazole rings is 1. The number of nitrogens with zero attached hydrogens (tertiary/aromatic N) is 6. The SMILES string of the molecule is CN1CCN(C(c2cccs2)c2nnnn2Cc2ccc(F)cc2)CC1.[Cl-]. The fourth-order valence-electron chi connectivity index (χ4n) is 3.28. The molecule has 27 heavy (non-hydrogen) atoms. The minimum absolute atomic E-state index is 0. The van der Waals surface area contributed by atoms with Crippen LogP contribution in [0.4, 0.5) is 4.39 Å². The third-order valence-electron chi connectivity index (χ3n) is 4.77. The second-order valence-corrected chi connectivity index (χ2v) is 7.56. The molecule has 1 saturated heterocycles. The molecular weight excluding hydrogens is 387 g/mol. The number of hydrogen-bond acceptors (Lipinski definition) is 6. The van der Waals surface area contributed by atoms with Crippen LogP contribution >= 0.6 is 11.3 Å². The number of likely N-dealkylation sites (N-methyl/N-ethyl adjacent to an activating group) is 1. The van der Waals surface area contributed by atoms with Gasteiger partial charge in [-0.15, -0.1) is 16.4 Å². The average molecular weight is 408 g/mol. The summed E-state index contributed by atoms with van der Waals surface area (Å²) in [5, 5.41) is 14.6. The van der Waals surface area contributed by atoms with Gasteiger partial charge in [-0.3, -0.25) is 4.90 Å². The normalized spacial score (nSPS) is 16.8. The van der Waals surface area contributed by atoms with E-state index in [-0.39, 0.29) is 24.3 Å². The molecule has 0 spiro atoms. The van der Waals surface area contributed by atoms with Crippen molar-refractivity contribution >= 4 is 11.3 Å². The lowest BCUT2D eigenvalue weighted by molar-refractivity contribution is -0.00000601. The summed E-state index contributed by atoms with van der Waals surface area (Å²) < 4.78 is 15.0. The molecule has 1 aromatic carbocycles. The number of aromatic nitrogens is 4. The highest BCUT2D eigenvalue weighted by molar-refractivity contribution is 7.10. The average Bonchev–Trinajstić information content (AvgIpc) is 3.32. The van der Waals surface area contributed by atoms with Crippen molar-refractivity contribution in [2.24, 2.45) is 0 Å². The smallest absolute Gasteiger partial charge is 0.174 e. The molecule has 1 aliphatic rings. The predicted molar refractivity (Wildman–Crippen MR) is 98.6 cm³/mol. The van der Waals surface area contributed by atoms with Gasteiger partial charge in [0, 0.05) is 31.1 Å². The lowest BCUT2D eigenvalue weighted by Crippen LogP contribution is -3.00. The molecule has 9 heteroatoms. The summed E-state index contributed by atoms with van der Waals surface area (Å²) in [6.07, 6.45) is 0. The van der Waals surface area contributed by atoms with E-state index in [1.807, 2.05) is 4.68 Å². The molecule has 0 N–H and O–H groups in total. The summed E-state index contributed by atoms with van der Waals surface area (Å²) in [7, 11) is 2.15. The molecule has 1 unspecified atom stereocenters. The second-order valence-electron chi connectivity index (χ2n) is 6.58. The second kappa shape index (κ2) is 8.88. The molecular formula is C18H21ClFN6S-. The van der Waals surface area contributed by atoms with Crippen molar-refractivity contribution in [3.05, 3.63) is 63.9 Å². The van der Waals surface area contributed by atoms with Crippen LogP contribution in [0, 0.1) is 5.82 Å². The van der Waals surface area contributed by atoms with Crippen LogP contribution in [0.1, 0.15) is 22.3 Å². The van der Waals surface area contributed by atoms with Gasteiger partial charge in [0.15, 0.2) is 5.82 Å². The van der Waals surface area contributed by atoms with Gasteiger partial charge in [-0.1, -0.05) is 18.2 Å². The summed E-state index contributed by atoms with van der Waals surface area (Å²) in [4.78, 5) is 6.02. The van der Waals surface area contributed by atoms with Gasteiger partial charge in [-0.2, -0.15) is 0 Å². The molecule has 6 nitrogen and oxygen atoms in total. The predicted octanol–water partition coefficient (Wildman–Crippen LogP) is -0.737. The molecule has 0 aliphatic carbocycles.